The lowest BCUT2D eigenvalue weighted by Crippen LogP contribution is -2.47. The maximum Gasteiger partial charge on any atom is 0.127 e. The molecule has 4 rings (SSSR count). The summed E-state index contributed by atoms with van der Waals surface area (Å²) in [6.45, 7) is 7.23. The van der Waals surface area contributed by atoms with Crippen molar-refractivity contribution in [1.82, 2.24) is 14.7 Å². The average molecular weight is 404 g/mol. The third-order valence-corrected chi connectivity index (χ3v) is 6.95. The highest BCUT2D eigenvalue weighted by atomic mass is 16.5. The van der Waals surface area contributed by atoms with Crippen molar-refractivity contribution in [1.29, 1.82) is 0 Å². The van der Waals surface area contributed by atoms with Crippen molar-refractivity contribution < 1.29 is 14.6 Å². The largest absolute Gasteiger partial charge is 0.497 e. The maximum absolute atomic E-state index is 10.5. The van der Waals surface area contributed by atoms with Gasteiger partial charge in [-0.05, 0) is 45.3 Å². The molecule has 1 spiro atoms. The molecule has 6 nitrogen and oxygen atoms in total. The number of rotatable bonds is 8. The molecule has 162 valence electrons. The van der Waals surface area contributed by atoms with Crippen LogP contribution in [0, 0.1) is 0 Å². The van der Waals surface area contributed by atoms with Gasteiger partial charge >= 0.3 is 0 Å². The highest BCUT2D eigenvalue weighted by Gasteiger charge is 2.48. The van der Waals surface area contributed by atoms with Crippen LogP contribution >= 0.6 is 0 Å². The van der Waals surface area contributed by atoms with Gasteiger partial charge in [0.1, 0.15) is 24.2 Å². The number of ether oxygens (including phenoxy) is 2. The van der Waals surface area contributed by atoms with Gasteiger partial charge in [0.05, 0.1) is 7.11 Å². The number of benzene rings is 1. The lowest BCUT2D eigenvalue weighted by molar-refractivity contribution is 0.0495. The molecule has 1 N–H and O–H groups in total. The van der Waals surface area contributed by atoms with Crippen LogP contribution < -0.4 is 9.47 Å². The van der Waals surface area contributed by atoms with Crippen molar-refractivity contribution in [3.63, 3.8) is 0 Å². The Balaban J connectivity index is 1.36. The lowest BCUT2D eigenvalue weighted by Gasteiger charge is -2.36. The minimum Gasteiger partial charge on any atom is -0.497 e. The van der Waals surface area contributed by atoms with E-state index in [4.69, 9.17) is 9.47 Å². The van der Waals surface area contributed by atoms with E-state index in [0.29, 0.717) is 18.7 Å². The summed E-state index contributed by atoms with van der Waals surface area (Å²) >= 11 is 0. The molecule has 1 atom stereocenters. The Morgan fingerprint density at radius 3 is 2.59 bits per heavy atom. The molecule has 29 heavy (non-hydrogen) atoms. The van der Waals surface area contributed by atoms with E-state index in [9.17, 15) is 5.11 Å². The lowest BCUT2D eigenvalue weighted by atomic mass is 9.99. The molecule has 3 fully saturated rings. The number of hydrogen-bond acceptors (Lipinski definition) is 6. The van der Waals surface area contributed by atoms with Gasteiger partial charge in [0.25, 0.3) is 0 Å². The fourth-order valence-electron chi connectivity index (χ4n) is 4.81. The summed E-state index contributed by atoms with van der Waals surface area (Å²) in [5.41, 5.74) is 1.65. The monoisotopic (exact) mass is 403 g/mol. The fraction of sp³-hybridized carbons (Fsp3) is 0.739. The zero-order chi connectivity index (χ0) is 20.3. The molecular weight excluding hydrogens is 366 g/mol. The van der Waals surface area contributed by atoms with Crippen LogP contribution in [0.15, 0.2) is 18.2 Å². The Hall–Kier alpha value is -1.34. The van der Waals surface area contributed by atoms with E-state index in [0.717, 1.165) is 44.2 Å². The second-order valence-electron chi connectivity index (χ2n) is 9.15. The molecule has 2 aliphatic heterocycles. The molecule has 6 heteroatoms. The molecule has 3 aliphatic rings. The molecular formula is C23H37N3O3. The summed E-state index contributed by atoms with van der Waals surface area (Å²) in [6.07, 6.45) is 6.18. The van der Waals surface area contributed by atoms with Crippen LogP contribution in [0.1, 0.15) is 37.7 Å². The summed E-state index contributed by atoms with van der Waals surface area (Å²) in [7, 11) is 3.83. The van der Waals surface area contributed by atoms with E-state index in [1.54, 1.807) is 7.11 Å². The van der Waals surface area contributed by atoms with Gasteiger partial charge in [-0.2, -0.15) is 0 Å². The van der Waals surface area contributed by atoms with Gasteiger partial charge in [-0.25, -0.2) is 0 Å². The molecule has 2 heterocycles. The first-order valence-electron chi connectivity index (χ1n) is 11.2. The number of hydrogen-bond donors (Lipinski definition) is 1. The number of aliphatic hydroxyl groups is 1. The maximum atomic E-state index is 10.5. The number of β-amino-alcohol motifs (C(OH)–C–C–N with tert-alkyl or cyclic N) is 1. The van der Waals surface area contributed by atoms with E-state index in [1.165, 1.54) is 44.2 Å². The summed E-state index contributed by atoms with van der Waals surface area (Å²) in [5.74, 6) is 1.65. The molecule has 0 aromatic heterocycles. The van der Waals surface area contributed by atoms with E-state index >= 15 is 0 Å². The third kappa shape index (κ3) is 5.23. The Kier molecular flexibility index (Phi) is 6.64. The van der Waals surface area contributed by atoms with Crippen molar-refractivity contribution >= 4 is 0 Å². The van der Waals surface area contributed by atoms with E-state index in [-0.39, 0.29) is 0 Å². The van der Waals surface area contributed by atoms with Crippen LogP contribution in [-0.4, -0.2) is 91.5 Å². The minimum atomic E-state index is -0.484. The first-order chi connectivity index (χ1) is 14.1. The second kappa shape index (κ2) is 9.21. The van der Waals surface area contributed by atoms with Crippen LogP contribution in [0.4, 0.5) is 0 Å². The predicted octanol–water partition coefficient (Wildman–Crippen LogP) is 2.20. The number of aliphatic hydroxyl groups excluding tert-OH is 1. The van der Waals surface area contributed by atoms with Crippen molar-refractivity contribution in [3.8, 4) is 11.5 Å². The predicted molar refractivity (Wildman–Crippen MR) is 115 cm³/mol. The number of methoxy groups -OCH3 is 1. The molecule has 1 aromatic carbocycles. The molecule has 0 bridgehead atoms. The Morgan fingerprint density at radius 1 is 1.07 bits per heavy atom. The number of piperazine rings is 1. The van der Waals surface area contributed by atoms with Crippen molar-refractivity contribution in [2.75, 3.05) is 60.0 Å². The normalized spacial score (nSPS) is 23.8. The fourth-order valence-corrected chi connectivity index (χ4v) is 4.81. The van der Waals surface area contributed by atoms with Crippen LogP contribution in [-0.2, 0) is 6.54 Å². The van der Waals surface area contributed by atoms with E-state index < -0.39 is 6.10 Å². The molecule has 2 saturated heterocycles. The second-order valence-corrected chi connectivity index (χ2v) is 9.15. The summed E-state index contributed by atoms with van der Waals surface area (Å²) in [4.78, 5) is 7.31. The number of likely N-dealkylation sites (tertiary alicyclic amines) is 1. The van der Waals surface area contributed by atoms with Crippen molar-refractivity contribution in [2.24, 2.45) is 0 Å². The highest BCUT2D eigenvalue weighted by molar-refractivity contribution is 5.41. The standard InChI is InChI=1S/C23H37N3O3/c1-24-11-13-25(14-12-24)17-20(27)18-29-22-15-21(28-2)6-5-19(22)16-26-10-4-3-7-23(26)8-9-23/h5-6,15,20,27H,3-4,7-14,16-18H2,1-2H3/t20-/m0/s1. The molecule has 0 unspecified atom stereocenters. The smallest absolute Gasteiger partial charge is 0.127 e. The summed E-state index contributed by atoms with van der Waals surface area (Å²) < 4.78 is 11.6. The average Bonchev–Trinajstić information content (AvgIpc) is 3.50. The first kappa shape index (κ1) is 20.9. The van der Waals surface area contributed by atoms with Gasteiger partial charge in [-0.3, -0.25) is 9.80 Å². The summed E-state index contributed by atoms with van der Waals surface area (Å²) in [6, 6.07) is 6.12. The SMILES string of the molecule is COc1ccc(CN2CCCCC23CC3)c(OC[C@@H](O)CN2CCN(C)CC2)c1. The number of piperidine rings is 1. The molecule has 0 radical (unpaired) electrons. The summed E-state index contributed by atoms with van der Waals surface area (Å²) in [5, 5.41) is 10.5. The molecule has 1 aliphatic carbocycles. The van der Waals surface area contributed by atoms with Gasteiger partial charge < -0.3 is 19.5 Å². The third-order valence-electron chi connectivity index (χ3n) is 6.95. The van der Waals surface area contributed by atoms with Crippen molar-refractivity contribution in [3.05, 3.63) is 23.8 Å². The van der Waals surface area contributed by atoms with Crippen LogP contribution in [0.2, 0.25) is 0 Å². The zero-order valence-electron chi connectivity index (χ0n) is 18.1. The van der Waals surface area contributed by atoms with Crippen LogP contribution in [0.3, 0.4) is 0 Å². The van der Waals surface area contributed by atoms with E-state index in [2.05, 4.69) is 27.8 Å². The number of nitrogens with zero attached hydrogens (tertiary/aromatic N) is 3. The van der Waals surface area contributed by atoms with Gasteiger partial charge in [-0.1, -0.05) is 12.5 Å². The van der Waals surface area contributed by atoms with Gasteiger partial charge in [0, 0.05) is 56.4 Å². The quantitative estimate of drug-likeness (QED) is 0.718. The molecule has 0 amide bonds. The molecule has 1 saturated carbocycles. The number of likely N-dealkylation sites (N-methyl/N-ethyl adjacent to an activating group) is 1. The molecule has 1 aromatic rings. The van der Waals surface area contributed by atoms with Gasteiger partial charge in [0.2, 0.25) is 0 Å². The topological polar surface area (TPSA) is 48.4 Å². The van der Waals surface area contributed by atoms with Gasteiger partial charge in [0.15, 0.2) is 0 Å². The Labute approximate surface area is 175 Å². The zero-order valence-corrected chi connectivity index (χ0v) is 18.1. The van der Waals surface area contributed by atoms with Gasteiger partial charge in [-0.15, -0.1) is 0 Å². The van der Waals surface area contributed by atoms with Crippen molar-refractivity contribution in [2.45, 2.75) is 50.3 Å². The minimum absolute atomic E-state index is 0.317. The Bertz CT molecular complexity index is 671. The highest BCUT2D eigenvalue weighted by Crippen LogP contribution is 2.49. The van der Waals surface area contributed by atoms with Crippen LogP contribution in [0.5, 0.6) is 11.5 Å². The van der Waals surface area contributed by atoms with E-state index in [1.807, 2.05) is 12.1 Å². The first-order valence-corrected chi connectivity index (χ1v) is 11.2. The van der Waals surface area contributed by atoms with Crippen LogP contribution in [0.25, 0.3) is 0 Å². The Morgan fingerprint density at radius 2 is 1.86 bits per heavy atom.